The second kappa shape index (κ2) is 10.9. The summed E-state index contributed by atoms with van der Waals surface area (Å²) in [6.07, 6.45) is 0.366. The molecule has 4 atom stereocenters. The molecule has 24 heavy (non-hydrogen) atoms. The SMILES string of the molecule is CCC(C)C(N)C(=O)NC(CS)C(=O)NC(CCC(N)=O)C(=O)O. The van der Waals surface area contributed by atoms with Crippen molar-refractivity contribution in [2.75, 3.05) is 5.75 Å². The van der Waals surface area contributed by atoms with Crippen LogP contribution in [0.25, 0.3) is 0 Å². The molecule has 0 spiro atoms. The quantitative estimate of drug-likeness (QED) is 0.248. The first kappa shape index (κ1) is 22.2. The van der Waals surface area contributed by atoms with Crippen LogP contribution in [0, 0.1) is 5.92 Å². The lowest BCUT2D eigenvalue weighted by Gasteiger charge is -2.23. The zero-order valence-electron chi connectivity index (χ0n) is 13.8. The van der Waals surface area contributed by atoms with Crippen molar-refractivity contribution in [2.45, 2.75) is 51.2 Å². The highest BCUT2D eigenvalue weighted by Gasteiger charge is 2.28. The van der Waals surface area contributed by atoms with Crippen molar-refractivity contribution in [3.63, 3.8) is 0 Å². The molecule has 0 saturated heterocycles. The summed E-state index contributed by atoms with van der Waals surface area (Å²) >= 11 is 3.99. The number of carbonyl (C=O) groups excluding carboxylic acids is 3. The van der Waals surface area contributed by atoms with E-state index in [2.05, 4.69) is 23.3 Å². The highest BCUT2D eigenvalue weighted by atomic mass is 32.1. The number of nitrogens with two attached hydrogens (primary N) is 2. The van der Waals surface area contributed by atoms with E-state index in [1.54, 1.807) is 0 Å². The normalized spacial score (nSPS) is 15.7. The minimum atomic E-state index is -1.30. The van der Waals surface area contributed by atoms with Crippen molar-refractivity contribution < 1.29 is 24.3 Å². The Morgan fingerprint density at radius 1 is 1.12 bits per heavy atom. The van der Waals surface area contributed by atoms with Gasteiger partial charge in [-0.15, -0.1) is 0 Å². The summed E-state index contributed by atoms with van der Waals surface area (Å²) in [5.74, 6) is -3.31. The lowest BCUT2D eigenvalue weighted by atomic mass is 9.99. The van der Waals surface area contributed by atoms with Crippen molar-refractivity contribution in [1.82, 2.24) is 10.6 Å². The molecule has 0 heterocycles. The standard InChI is InChI=1S/C14H26N4O5S/c1-3-7(2)11(16)13(21)18-9(6-24)12(20)17-8(14(22)23)4-5-10(15)19/h7-9,11,24H,3-6,16H2,1-2H3,(H2,15,19)(H,17,20)(H,18,21)(H,22,23). The first-order valence-corrected chi connectivity index (χ1v) is 8.25. The molecule has 0 radical (unpaired) electrons. The van der Waals surface area contributed by atoms with Crippen LogP contribution < -0.4 is 22.1 Å². The molecule has 0 aliphatic carbocycles. The van der Waals surface area contributed by atoms with E-state index in [0.717, 1.165) is 0 Å². The van der Waals surface area contributed by atoms with Crippen LogP contribution in [0.1, 0.15) is 33.1 Å². The van der Waals surface area contributed by atoms with Gasteiger partial charge in [-0.3, -0.25) is 14.4 Å². The molecule has 0 aliphatic rings. The predicted molar refractivity (Wildman–Crippen MR) is 91.2 cm³/mol. The van der Waals surface area contributed by atoms with E-state index in [1.165, 1.54) is 0 Å². The van der Waals surface area contributed by atoms with Crippen LogP contribution in [0.4, 0.5) is 0 Å². The third-order valence-electron chi connectivity index (χ3n) is 3.67. The van der Waals surface area contributed by atoms with Crippen LogP contribution in [-0.2, 0) is 19.2 Å². The molecular weight excluding hydrogens is 336 g/mol. The van der Waals surface area contributed by atoms with Gasteiger partial charge in [0.2, 0.25) is 17.7 Å². The van der Waals surface area contributed by atoms with Crippen molar-refractivity contribution in [3.8, 4) is 0 Å². The summed E-state index contributed by atoms with van der Waals surface area (Å²) in [7, 11) is 0. The Labute approximate surface area is 146 Å². The fraction of sp³-hybridized carbons (Fsp3) is 0.714. The number of primary amides is 1. The number of amides is 3. The van der Waals surface area contributed by atoms with E-state index in [4.69, 9.17) is 16.6 Å². The summed E-state index contributed by atoms with van der Waals surface area (Å²) < 4.78 is 0. The molecule has 0 rings (SSSR count). The summed E-state index contributed by atoms with van der Waals surface area (Å²) in [6, 6.07) is -3.10. The molecule has 0 aromatic carbocycles. The van der Waals surface area contributed by atoms with Crippen LogP contribution in [0.3, 0.4) is 0 Å². The number of hydrogen-bond acceptors (Lipinski definition) is 6. The Morgan fingerprint density at radius 2 is 1.67 bits per heavy atom. The second-order valence-corrected chi connectivity index (χ2v) is 5.92. The number of carboxylic acid groups (broad SMARTS) is 1. The second-order valence-electron chi connectivity index (χ2n) is 5.56. The Morgan fingerprint density at radius 3 is 2.08 bits per heavy atom. The third-order valence-corrected chi connectivity index (χ3v) is 4.03. The molecule has 0 saturated carbocycles. The average Bonchev–Trinajstić information content (AvgIpc) is 2.53. The lowest BCUT2D eigenvalue weighted by Crippen LogP contribution is -2.56. The Hall–Kier alpha value is -1.81. The predicted octanol–water partition coefficient (Wildman–Crippen LogP) is -1.39. The molecule has 138 valence electrons. The Bertz CT molecular complexity index is 474. The summed E-state index contributed by atoms with van der Waals surface area (Å²) in [4.78, 5) is 46.0. The molecule has 7 N–H and O–H groups in total. The third kappa shape index (κ3) is 7.64. The van der Waals surface area contributed by atoms with Gasteiger partial charge in [-0.2, -0.15) is 12.6 Å². The van der Waals surface area contributed by atoms with Gasteiger partial charge < -0.3 is 27.2 Å². The number of nitrogens with one attached hydrogen (secondary N) is 2. The molecule has 10 heteroatoms. The molecule has 0 aromatic rings. The van der Waals surface area contributed by atoms with Gasteiger partial charge in [0.1, 0.15) is 12.1 Å². The van der Waals surface area contributed by atoms with Gasteiger partial charge in [-0.25, -0.2) is 4.79 Å². The van der Waals surface area contributed by atoms with Gasteiger partial charge in [-0.1, -0.05) is 20.3 Å². The summed E-state index contributed by atoms with van der Waals surface area (Å²) in [5, 5.41) is 13.8. The highest BCUT2D eigenvalue weighted by molar-refractivity contribution is 7.80. The molecule has 9 nitrogen and oxygen atoms in total. The zero-order valence-corrected chi connectivity index (χ0v) is 14.7. The molecule has 0 fully saturated rings. The van der Waals surface area contributed by atoms with E-state index in [-0.39, 0.29) is 24.5 Å². The highest BCUT2D eigenvalue weighted by Crippen LogP contribution is 2.06. The molecule has 0 aliphatic heterocycles. The zero-order chi connectivity index (χ0) is 18.9. The van der Waals surface area contributed by atoms with E-state index in [0.29, 0.717) is 6.42 Å². The molecule has 3 amide bonds. The maximum Gasteiger partial charge on any atom is 0.326 e. The van der Waals surface area contributed by atoms with Gasteiger partial charge in [-0.05, 0) is 12.3 Å². The van der Waals surface area contributed by atoms with Crippen LogP contribution in [0.5, 0.6) is 0 Å². The fourth-order valence-corrected chi connectivity index (χ4v) is 2.05. The molecular formula is C14H26N4O5S. The van der Waals surface area contributed by atoms with Crippen molar-refractivity contribution in [2.24, 2.45) is 17.4 Å². The molecule has 0 bridgehead atoms. The molecule has 4 unspecified atom stereocenters. The van der Waals surface area contributed by atoms with Gasteiger partial charge in [0.05, 0.1) is 6.04 Å². The minimum absolute atomic E-state index is 0.0348. The van der Waals surface area contributed by atoms with Gasteiger partial charge in [0.15, 0.2) is 0 Å². The monoisotopic (exact) mass is 362 g/mol. The van der Waals surface area contributed by atoms with Crippen molar-refractivity contribution >= 4 is 36.3 Å². The van der Waals surface area contributed by atoms with Crippen LogP contribution in [-0.4, -0.2) is 52.7 Å². The number of hydrogen-bond donors (Lipinski definition) is 6. The Balaban J connectivity index is 4.79. The van der Waals surface area contributed by atoms with Crippen LogP contribution in [0.15, 0.2) is 0 Å². The Kier molecular flexibility index (Phi) is 10.0. The van der Waals surface area contributed by atoms with E-state index < -0.39 is 41.8 Å². The maximum absolute atomic E-state index is 12.1. The summed E-state index contributed by atoms with van der Waals surface area (Å²) in [5.41, 5.74) is 10.8. The van der Waals surface area contributed by atoms with Gasteiger partial charge in [0, 0.05) is 12.2 Å². The van der Waals surface area contributed by atoms with E-state index >= 15 is 0 Å². The number of carboxylic acids is 1. The maximum atomic E-state index is 12.1. The first-order valence-electron chi connectivity index (χ1n) is 7.62. The first-order chi connectivity index (χ1) is 11.1. The van der Waals surface area contributed by atoms with Crippen LogP contribution >= 0.6 is 12.6 Å². The number of rotatable bonds is 11. The summed E-state index contributed by atoms with van der Waals surface area (Å²) in [6.45, 7) is 3.70. The van der Waals surface area contributed by atoms with Gasteiger partial charge in [0.25, 0.3) is 0 Å². The van der Waals surface area contributed by atoms with E-state index in [1.807, 2.05) is 13.8 Å². The number of carbonyl (C=O) groups is 4. The minimum Gasteiger partial charge on any atom is -0.480 e. The largest absolute Gasteiger partial charge is 0.480 e. The average molecular weight is 362 g/mol. The van der Waals surface area contributed by atoms with Crippen LogP contribution in [0.2, 0.25) is 0 Å². The topological polar surface area (TPSA) is 165 Å². The van der Waals surface area contributed by atoms with E-state index in [9.17, 15) is 19.2 Å². The lowest BCUT2D eigenvalue weighted by molar-refractivity contribution is -0.142. The fourth-order valence-electron chi connectivity index (χ4n) is 1.79. The van der Waals surface area contributed by atoms with Crippen molar-refractivity contribution in [1.29, 1.82) is 0 Å². The smallest absolute Gasteiger partial charge is 0.326 e. The van der Waals surface area contributed by atoms with Gasteiger partial charge >= 0.3 is 5.97 Å². The molecule has 0 aromatic heterocycles. The number of aliphatic carboxylic acids is 1. The van der Waals surface area contributed by atoms with Crippen molar-refractivity contribution in [3.05, 3.63) is 0 Å². The number of thiol groups is 1.